The molecule has 5 heteroatoms. The molecular formula is C13H29ClN2O2. The number of rotatable bonds is 9. The molecule has 0 spiro atoms. The van der Waals surface area contributed by atoms with Crippen molar-refractivity contribution in [1.29, 1.82) is 0 Å². The van der Waals surface area contributed by atoms with Gasteiger partial charge in [-0.25, -0.2) is 0 Å². The van der Waals surface area contributed by atoms with Gasteiger partial charge in [0.25, 0.3) is 0 Å². The van der Waals surface area contributed by atoms with Crippen molar-refractivity contribution in [1.82, 2.24) is 4.90 Å². The molecule has 0 aromatic heterocycles. The van der Waals surface area contributed by atoms with Crippen molar-refractivity contribution in [3.63, 3.8) is 0 Å². The molecule has 0 heterocycles. The normalized spacial score (nSPS) is 13.6. The van der Waals surface area contributed by atoms with Gasteiger partial charge in [-0.15, -0.1) is 12.4 Å². The number of hydrogen-bond acceptors (Lipinski definition) is 3. The summed E-state index contributed by atoms with van der Waals surface area (Å²) in [7, 11) is 0. The zero-order chi connectivity index (χ0) is 13.3. The number of carbonyl (C=O) groups is 1. The fourth-order valence-corrected chi connectivity index (χ4v) is 1.98. The summed E-state index contributed by atoms with van der Waals surface area (Å²) in [6.07, 6.45) is 4.77. The highest BCUT2D eigenvalue weighted by Crippen LogP contribution is 2.13. The number of aliphatic hydroxyl groups is 1. The highest BCUT2D eigenvalue weighted by molar-refractivity contribution is 5.85. The second-order valence-corrected chi connectivity index (χ2v) is 4.89. The van der Waals surface area contributed by atoms with Gasteiger partial charge in [-0.05, 0) is 19.8 Å². The third-order valence-corrected chi connectivity index (χ3v) is 2.95. The molecule has 0 aliphatic rings. The summed E-state index contributed by atoms with van der Waals surface area (Å²) < 4.78 is 0. The molecular weight excluding hydrogens is 252 g/mol. The van der Waals surface area contributed by atoms with Crippen LogP contribution < -0.4 is 5.73 Å². The third-order valence-electron chi connectivity index (χ3n) is 2.95. The molecule has 18 heavy (non-hydrogen) atoms. The topological polar surface area (TPSA) is 66.6 Å². The van der Waals surface area contributed by atoms with Crippen LogP contribution in [0.5, 0.6) is 0 Å². The van der Waals surface area contributed by atoms with E-state index >= 15 is 0 Å². The number of nitrogens with two attached hydrogens (primary N) is 1. The molecule has 0 aliphatic heterocycles. The van der Waals surface area contributed by atoms with Crippen molar-refractivity contribution in [3.8, 4) is 0 Å². The maximum absolute atomic E-state index is 12.2. The van der Waals surface area contributed by atoms with Gasteiger partial charge >= 0.3 is 0 Å². The first-order valence-electron chi connectivity index (χ1n) is 6.68. The molecule has 0 rings (SSSR count). The number of nitrogens with zero attached hydrogens (tertiary/aromatic N) is 1. The first kappa shape index (κ1) is 20.0. The van der Waals surface area contributed by atoms with Crippen LogP contribution in [0.3, 0.4) is 0 Å². The van der Waals surface area contributed by atoms with E-state index in [0.29, 0.717) is 19.5 Å². The van der Waals surface area contributed by atoms with E-state index in [0.717, 1.165) is 25.7 Å². The Morgan fingerprint density at radius 3 is 2.28 bits per heavy atom. The maximum atomic E-state index is 12.2. The van der Waals surface area contributed by atoms with Crippen LogP contribution in [0.25, 0.3) is 0 Å². The molecule has 1 atom stereocenters. The van der Waals surface area contributed by atoms with Crippen molar-refractivity contribution in [3.05, 3.63) is 0 Å². The summed E-state index contributed by atoms with van der Waals surface area (Å²) >= 11 is 0. The van der Waals surface area contributed by atoms with Crippen LogP contribution in [0.2, 0.25) is 0 Å². The molecule has 1 unspecified atom stereocenters. The Hall–Kier alpha value is -0.320. The smallest absolute Gasteiger partial charge is 0.242 e. The van der Waals surface area contributed by atoms with Crippen molar-refractivity contribution in [2.24, 2.45) is 5.73 Å². The third kappa shape index (κ3) is 7.19. The van der Waals surface area contributed by atoms with Gasteiger partial charge in [-0.2, -0.15) is 0 Å². The fraction of sp³-hybridized carbons (Fsp3) is 0.923. The predicted octanol–water partition coefficient (Wildman–Crippen LogP) is 1.94. The van der Waals surface area contributed by atoms with Crippen molar-refractivity contribution >= 4 is 18.3 Å². The molecule has 0 aromatic rings. The monoisotopic (exact) mass is 280 g/mol. The lowest BCUT2D eigenvalue weighted by molar-refractivity contribution is -0.137. The SMILES string of the molecule is CCCCCN(CCO)C(=O)C(C)(N)CCC.Cl. The van der Waals surface area contributed by atoms with E-state index in [4.69, 9.17) is 10.8 Å². The molecule has 1 amide bonds. The molecule has 110 valence electrons. The van der Waals surface area contributed by atoms with Gasteiger partial charge in [0.05, 0.1) is 12.1 Å². The zero-order valence-electron chi connectivity index (χ0n) is 11.9. The quantitative estimate of drug-likeness (QED) is 0.634. The molecule has 0 bridgehead atoms. The van der Waals surface area contributed by atoms with Crippen LogP contribution in [-0.4, -0.2) is 41.1 Å². The van der Waals surface area contributed by atoms with E-state index in [9.17, 15) is 4.79 Å². The number of unbranched alkanes of at least 4 members (excludes halogenated alkanes) is 2. The number of aliphatic hydroxyl groups excluding tert-OH is 1. The second-order valence-electron chi connectivity index (χ2n) is 4.89. The Balaban J connectivity index is 0. The second kappa shape index (κ2) is 10.6. The number of amides is 1. The van der Waals surface area contributed by atoms with Gasteiger partial charge in [-0.1, -0.05) is 33.1 Å². The van der Waals surface area contributed by atoms with Crippen LogP contribution in [0.1, 0.15) is 52.9 Å². The van der Waals surface area contributed by atoms with E-state index in [2.05, 4.69) is 6.92 Å². The number of hydrogen-bond donors (Lipinski definition) is 2. The molecule has 4 nitrogen and oxygen atoms in total. The Morgan fingerprint density at radius 1 is 1.22 bits per heavy atom. The van der Waals surface area contributed by atoms with Gasteiger partial charge in [0.2, 0.25) is 5.91 Å². The molecule has 0 saturated heterocycles. The summed E-state index contributed by atoms with van der Waals surface area (Å²) in [4.78, 5) is 13.9. The Labute approximate surface area is 117 Å². The van der Waals surface area contributed by atoms with E-state index in [-0.39, 0.29) is 24.9 Å². The molecule has 0 fully saturated rings. The van der Waals surface area contributed by atoms with Gasteiger partial charge in [0, 0.05) is 13.1 Å². The standard InChI is InChI=1S/C13H28N2O2.ClH/c1-4-6-7-9-15(10-11-16)12(17)13(3,14)8-5-2;/h16H,4-11,14H2,1-3H3;1H. The van der Waals surface area contributed by atoms with Gasteiger partial charge in [-0.3, -0.25) is 4.79 Å². The molecule has 3 N–H and O–H groups in total. The van der Waals surface area contributed by atoms with Crippen LogP contribution in [0.4, 0.5) is 0 Å². The van der Waals surface area contributed by atoms with Crippen molar-refractivity contribution in [2.75, 3.05) is 19.7 Å². The largest absolute Gasteiger partial charge is 0.395 e. The van der Waals surface area contributed by atoms with E-state index in [1.165, 1.54) is 0 Å². The van der Waals surface area contributed by atoms with Crippen LogP contribution in [-0.2, 0) is 4.79 Å². The molecule has 0 radical (unpaired) electrons. The number of carbonyl (C=O) groups excluding carboxylic acids is 1. The Morgan fingerprint density at radius 2 is 1.83 bits per heavy atom. The highest BCUT2D eigenvalue weighted by Gasteiger charge is 2.31. The fourth-order valence-electron chi connectivity index (χ4n) is 1.98. The van der Waals surface area contributed by atoms with Gasteiger partial charge in [0.15, 0.2) is 0 Å². The van der Waals surface area contributed by atoms with E-state index < -0.39 is 5.54 Å². The zero-order valence-corrected chi connectivity index (χ0v) is 12.8. The predicted molar refractivity (Wildman–Crippen MR) is 77.9 cm³/mol. The number of halogens is 1. The van der Waals surface area contributed by atoms with Crippen LogP contribution in [0, 0.1) is 0 Å². The Bertz CT molecular complexity index is 223. The van der Waals surface area contributed by atoms with Gasteiger partial charge in [0.1, 0.15) is 0 Å². The maximum Gasteiger partial charge on any atom is 0.242 e. The first-order chi connectivity index (χ1) is 7.99. The van der Waals surface area contributed by atoms with Crippen molar-refractivity contribution in [2.45, 2.75) is 58.4 Å². The lowest BCUT2D eigenvalue weighted by Gasteiger charge is -2.31. The van der Waals surface area contributed by atoms with Crippen LogP contribution >= 0.6 is 12.4 Å². The van der Waals surface area contributed by atoms with E-state index in [1.807, 2.05) is 6.92 Å². The minimum atomic E-state index is -0.796. The lowest BCUT2D eigenvalue weighted by atomic mass is 9.95. The minimum Gasteiger partial charge on any atom is -0.395 e. The summed E-state index contributed by atoms with van der Waals surface area (Å²) in [5.74, 6) is -0.0375. The summed E-state index contributed by atoms with van der Waals surface area (Å²) in [6, 6.07) is 0. The van der Waals surface area contributed by atoms with Crippen LogP contribution in [0.15, 0.2) is 0 Å². The summed E-state index contributed by atoms with van der Waals surface area (Å²) in [6.45, 7) is 7.01. The average molecular weight is 281 g/mol. The van der Waals surface area contributed by atoms with Crippen molar-refractivity contribution < 1.29 is 9.90 Å². The van der Waals surface area contributed by atoms with E-state index in [1.54, 1.807) is 11.8 Å². The molecule has 0 aliphatic carbocycles. The average Bonchev–Trinajstić information content (AvgIpc) is 2.27. The first-order valence-corrected chi connectivity index (χ1v) is 6.68. The molecule has 0 aromatic carbocycles. The summed E-state index contributed by atoms with van der Waals surface area (Å²) in [5.41, 5.74) is 5.24. The lowest BCUT2D eigenvalue weighted by Crippen LogP contribution is -2.54. The Kier molecular flexibility index (Phi) is 11.8. The minimum absolute atomic E-state index is 0. The van der Waals surface area contributed by atoms with Gasteiger partial charge < -0.3 is 15.7 Å². The molecule has 0 saturated carbocycles. The highest BCUT2D eigenvalue weighted by atomic mass is 35.5. The summed E-state index contributed by atoms with van der Waals surface area (Å²) in [5, 5.41) is 9.00.